The number of nitrogens with two attached hydrogens (primary N) is 1. The van der Waals surface area contributed by atoms with E-state index in [2.05, 4.69) is 18.0 Å². The van der Waals surface area contributed by atoms with Crippen molar-refractivity contribution >= 4 is 17.4 Å². The Balaban J connectivity index is 1.86. The van der Waals surface area contributed by atoms with Crippen molar-refractivity contribution in [3.05, 3.63) is 57.7 Å². The number of nitrogens with zero attached hydrogens (tertiary/aromatic N) is 2. The molecule has 0 fully saturated rings. The van der Waals surface area contributed by atoms with Crippen molar-refractivity contribution < 1.29 is 0 Å². The van der Waals surface area contributed by atoms with Gasteiger partial charge < -0.3 is 10.6 Å². The summed E-state index contributed by atoms with van der Waals surface area (Å²) in [6.45, 7) is 1.33. The van der Waals surface area contributed by atoms with E-state index < -0.39 is 0 Å². The molecule has 0 aliphatic heterocycles. The molecule has 1 aliphatic rings. The van der Waals surface area contributed by atoms with E-state index in [9.17, 15) is 0 Å². The number of halogens is 1. The molecule has 0 unspecified atom stereocenters. The summed E-state index contributed by atoms with van der Waals surface area (Å²) in [6.07, 6.45) is 3.43. The van der Waals surface area contributed by atoms with Gasteiger partial charge in [0.1, 0.15) is 5.82 Å². The lowest BCUT2D eigenvalue weighted by Gasteiger charge is -2.22. The Kier molecular flexibility index (Phi) is 4.13. The molecule has 1 heterocycles. The van der Waals surface area contributed by atoms with Gasteiger partial charge in [-0.2, -0.15) is 0 Å². The quantitative estimate of drug-likeness (QED) is 0.942. The molecule has 2 aromatic rings. The average molecular weight is 302 g/mol. The van der Waals surface area contributed by atoms with Crippen LogP contribution in [0.4, 0.5) is 5.82 Å². The minimum absolute atomic E-state index is 0.528. The SMILES string of the molecule is CN(Cc1ccc(Cl)cc1)c1nc2c(cc1CN)CCC2. The van der Waals surface area contributed by atoms with Crippen LogP contribution in [-0.2, 0) is 25.9 Å². The van der Waals surface area contributed by atoms with Gasteiger partial charge >= 0.3 is 0 Å². The van der Waals surface area contributed by atoms with Crippen LogP contribution >= 0.6 is 11.6 Å². The van der Waals surface area contributed by atoms with Crippen molar-refractivity contribution in [1.82, 2.24) is 4.98 Å². The van der Waals surface area contributed by atoms with Crippen LogP contribution in [0.25, 0.3) is 0 Å². The van der Waals surface area contributed by atoms with Crippen molar-refractivity contribution in [1.29, 1.82) is 0 Å². The third-order valence-electron chi connectivity index (χ3n) is 4.02. The molecule has 0 saturated carbocycles. The van der Waals surface area contributed by atoms with E-state index in [1.54, 1.807) is 0 Å². The summed E-state index contributed by atoms with van der Waals surface area (Å²) in [5, 5.41) is 0.764. The zero-order valence-electron chi connectivity index (χ0n) is 12.3. The van der Waals surface area contributed by atoms with Gasteiger partial charge in [-0.05, 0) is 48.6 Å². The van der Waals surface area contributed by atoms with E-state index in [0.717, 1.165) is 35.8 Å². The number of aromatic nitrogens is 1. The fourth-order valence-electron chi connectivity index (χ4n) is 2.93. The lowest BCUT2D eigenvalue weighted by molar-refractivity contribution is 0.859. The molecule has 0 saturated heterocycles. The van der Waals surface area contributed by atoms with E-state index >= 15 is 0 Å². The summed E-state index contributed by atoms with van der Waals surface area (Å²) in [6, 6.07) is 10.2. The van der Waals surface area contributed by atoms with Gasteiger partial charge in [0.25, 0.3) is 0 Å². The molecule has 21 heavy (non-hydrogen) atoms. The fraction of sp³-hybridized carbons (Fsp3) is 0.353. The predicted molar refractivity (Wildman–Crippen MR) is 87.7 cm³/mol. The molecule has 4 heteroatoms. The first kappa shape index (κ1) is 14.4. The van der Waals surface area contributed by atoms with Crippen molar-refractivity contribution in [3.63, 3.8) is 0 Å². The van der Waals surface area contributed by atoms with Gasteiger partial charge in [0.2, 0.25) is 0 Å². The Morgan fingerprint density at radius 2 is 2.00 bits per heavy atom. The van der Waals surface area contributed by atoms with E-state index in [1.165, 1.54) is 23.2 Å². The molecule has 0 bridgehead atoms. The molecule has 3 nitrogen and oxygen atoms in total. The third kappa shape index (κ3) is 3.04. The second-order valence-corrected chi connectivity index (χ2v) is 6.05. The normalized spacial score (nSPS) is 13.3. The predicted octanol–water partition coefficient (Wildman–Crippen LogP) is 3.32. The summed E-state index contributed by atoms with van der Waals surface area (Å²) in [5.74, 6) is 1.01. The molecule has 3 rings (SSSR count). The Morgan fingerprint density at radius 3 is 2.71 bits per heavy atom. The molecule has 1 aromatic heterocycles. The summed E-state index contributed by atoms with van der Waals surface area (Å²) >= 11 is 5.93. The van der Waals surface area contributed by atoms with Gasteiger partial charge in [-0.3, -0.25) is 0 Å². The van der Waals surface area contributed by atoms with Gasteiger partial charge in [0.15, 0.2) is 0 Å². The maximum Gasteiger partial charge on any atom is 0.133 e. The highest BCUT2D eigenvalue weighted by Gasteiger charge is 2.17. The van der Waals surface area contributed by atoms with Crippen LogP contribution in [0, 0.1) is 0 Å². The highest BCUT2D eigenvalue weighted by Crippen LogP contribution is 2.27. The Labute approximate surface area is 130 Å². The molecule has 0 spiro atoms. The van der Waals surface area contributed by atoms with E-state index in [0.29, 0.717) is 6.54 Å². The zero-order chi connectivity index (χ0) is 14.8. The zero-order valence-corrected chi connectivity index (χ0v) is 13.0. The number of hydrogen-bond donors (Lipinski definition) is 1. The second-order valence-electron chi connectivity index (χ2n) is 5.62. The van der Waals surface area contributed by atoms with Gasteiger partial charge in [0.05, 0.1) is 0 Å². The smallest absolute Gasteiger partial charge is 0.133 e. The molecular formula is C17H20ClN3. The maximum absolute atomic E-state index is 5.93. The fourth-order valence-corrected chi connectivity index (χ4v) is 3.05. The molecular weight excluding hydrogens is 282 g/mol. The van der Waals surface area contributed by atoms with Crippen molar-refractivity contribution in [3.8, 4) is 0 Å². The van der Waals surface area contributed by atoms with Gasteiger partial charge in [0, 0.05) is 36.4 Å². The van der Waals surface area contributed by atoms with Crippen molar-refractivity contribution in [2.45, 2.75) is 32.4 Å². The molecule has 1 aliphatic carbocycles. The standard InChI is InChI=1S/C17H20ClN3/c1-21(11-12-5-7-15(18)8-6-12)17-14(10-19)9-13-3-2-4-16(13)20-17/h5-9H,2-4,10-11,19H2,1H3. The highest BCUT2D eigenvalue weighted by molar-refractivity contribution is 6.30. The minimum atomic E-state index is 0.528. The lowest BCUT2D eigenvalue weighted by Crippen LogP contribution is -2.21. The number of aryl methyl sites for hydroxylation is 2. The topological polar surface area (TPSA) is 42.2 Å². The molecule has 1 aromatic carbocycles. The van der Waals surface area contributed by atoms with Crippen LogP contribution in [0.2, 0.25) is 5.02 Å². The number of fused-ring (bicyclic) bond motifs is 1. The number of anilines is 1. The van der Waals surface area contributed by atoms with Crippen molar-refractivity contribution in [2.75, 3.05) is 11.9 Å². The Hall–Kier alpha value is -1.58. The molecule has 0 amide bonds. The highest BCUT2D eigenvalue weighted by atomic mass is 35.5. The third-order valence-corrected chi connectivity index (χ3v) is 4.27. The molecule has 2 N–H and O–H groups in total. The average Bonchev–Trinajstić information content (AvgIpc) is 2.95. The first-order valence-electron chi connectivity index (χ1n) is 7.34. The van der Waals surface area contributed by atoms with Crippen LogP contribution < -0.4 is 10.6 Å². The van der Waals surface area contributed by atoms with Gasteiger partial charge in [-0.15, -0.1) is 0 Å². The first-order chi connectivity index (χ1) is 10.2. The summed E-state index contributed by atoms with van der Waals surface area (Å²) < 4.78 is 0. The Bertz CT molecular complexity index is 637. The van der Waals surface area contributed by atoms with E-state index in [1.807, 2.05) is 24.3 Å². The number of benzene rings is 1. The monoisotopic (exact) mass is 301 g/mol. The van der Waals surface area contributed by atoms with Crippen LogP contribution in [0.1, 0.15) is 28.8 Å². The summed E-state index contributed by atoms with van der Waals surface area (Å²) in [7, 11) is 2.07. The Morgan fingerprint density at radius 1 is 1.24 bits per heavy atom. The first-order valence-corrected chi connectivity index (χ1v) is 7.72. The minimum Gasteiger partial charge on any atom is -0.355 e. The van der Waals surface area contributed by atoms with E-state index in [4.69, 9.17) is 22.3 Å². The summed E-state index contributed by atoms with van der Waals surface area (Å²) in [4.78, 5) is 7.03. The van der Waals surface area contributed by atoms with Crippen molar-refractivity contribution in [2.24, 2.45) is 5.73 Å². The second kappa shape index (κ2) is 6.04. The molecule has 0 atom stereocenters. The van der Waals surface area contributed by atoms with Gasteiger partial charge in [-0.1, -0.05) is 23.7 Å². The summed E-state index contributed by atoms with van der Waals surface area (Å²) in [5.41, 5.74) is 10.9. The lowest BCUT2D eigenvalue weighted by atomic mass is 10.1. The maximum atomic E-state index is 5.93. The van der Waals surface area contributed by atoms with Gasteiger partial charge in [-0.25, -0.2) is 4.98 Å². The number of rotatable bonds is 4. The van der Waals surface area contributed by atoms with Crippen LogP contribution in [-0.4, -0.2) is 12.0 Å². The van der Waals surface area contributed by atoms with Crippen LogP contribution in [0.5, 0.6) is 0 Å². The number of hydrogen-bond acceptors (Lipinski definition) is 3. The van der Waals surface area contributed by atoms with Crippen LogP contribution in [0.3, 0.4) is 0 Å². The largest absolute Gasteiger partial charge is 0.355 e. The van der Waals surface area contributed by atoms with Crippen LogP contribution in [0.15, 0.2) is 30.3 Å². The van der Waals surface area contributed by atoms with E-state index in [-0.39, 0.29) is 0 Å². The molecule has 110 valence electrons. The number of pyridine rings is 1. The molecule has 0 radical (unpaired) electrons.